The van der Waals surface area contributed by atoms with Gasteiger partial charge in [0.05, 0.1) is 10.2 Å². The van der Waals surface area contributed by atoms with Crippen LogP contribution in [0.25, 0.3) is 53.4 Å². The van der Waals surface area contributed by atoms with E-state index in [2.05, 4.69) is 59.6 Å². The number of oxazole rings is 1. The number of aromatic nitrogens is 2. The maximum absolute atomic E-state index is 5.60. The minimum absolute atomic E-state index is 0.794. The highest BCUT2D eigenvalue weighted by molar-refractivity contribution is 7.22. The maximum atomic E-state index is 5.60. The number of nitrogens with zero attached hydrogens (tertiary/aromatic N) is 2. The first-order valence-electron chi connectivity index (χ1n) is 8.42. The van der Waals surface area contributed by atoms with Crippen molar-refractivity contribution in [3.63, 3.8) is 0 Å². The number of fused-ring (bicyclic) bond motifs is 5. The van der Waals surface area contributed by atoms with Crippen LogP contribution in [-0.4, -0.2) is 9.97 Å². The fourth-order valence-corrected chi connectivity index (χ4v) is 4.69. The van der Waals surface area contributed by atoms with Crippen molar-refractivity contribution in [2.24, 2.45) is 0 Å². The molecule has 0 saturated carbocycles. The van der Waals surface area contributed by atoms with Crippen molar-refractivity contribution < 1.29 is 4.42 Å². The van der Waals surface area contributed by atoms with Gasteiger partial charge in [0, 0.05) is 10.9 Å². The Hall–Kier alpha value is -3.24. The van der Waals surface area contributed by atoms with Crippen LogP contribution >= 0.6 is 11.3 Å². The molecule has 0 atom stereocenters. The monoisotopic (exact) mass is 352 g/mol. The zero-order chi connectivity index (χ0) is 17.1. The van der Waals surface area contributed by atoms with Crippen molar-refractivity contribution in [3.05, 3.63) is 73.1 Å². The van der Waals surface area contributed by atoms with E-state index in [0.29, 0.717) is 0 Å². The van der Waals surface area contributed by atoms with E-state index in [0.717, 1.165) is 38.0 Å². The maximum Gasteiger partial charge on any atom is 0.182 e. The van der Waals surface area contributed by atoms with Crippen LogP contribution in [0.1, 0.15) is 0 Å². The molecule has 0 bridgehead atoms. The van der Waals surface area contributed by atoms with E-state index >= 15 is 0 Å². The zero-order valence-electron chi connectivity index (χ0n) is 13.6. The minimum Gasteiger partial charge on any atom is -0.443 e. The molecule has 0 aliphatic heterocycles. The molecule has 6 rings (SSSR count). The summed E-state index contributed by atoms with van der Waals surface area (Å²) in [5, 5.41) is 5.66. The summed E-state index contributed by atoms with van der Waals surface area (Å²) >= 11 is 1.71. The highest BCUT2D eigenvalue weighted by atomic mass is 32.1. The summed E-state index contributed by atoms with van der Waals surface area (Å²) < 4.78 is 6.78. The van der Waals surface area contributed by atoms with E-state index in [1.165, 1.54) is 21.9 Å². The Balaban J connectivity index is 1.77. The van der Waals surface area contributed by atoms with Crippen LogP contribution in [-0.2, 0) is 0 Å². The van der Waals surface area contributed by atoms with Crippen molar-refractivity contribution in [1.29, 1.82) is 0 Å². The van der Waals surface area contributed by atoms with Crippen LogP contribution < -0.4 is 0 Å². The largest absolute Gasteiger partial charge is 0.443 e. The van der Waals surface area contributed by atoms with E-state index in [9.17, 15) is 0 Å². The molecule has 0 aliphatic rings. The van der Waals surface area contributed by atoms with Gasteiger partial charge >= 0.3 is 0 Å². The molecule has 0 fully saturated rings. The van der Waals surface area contributed by atoms with Crippen LogP contribution in [0.4, 0.5) is 0 Å². The molecular weight excluding hydrogens is 340 g/mol. The van der Waals surface area contributed by atoms with Gasteiger partial charge < -0.3 is 4.42 Å². The van der Waals surface area contributed by atoms with E-state index in [1.54, 1.807) is 11.3 Å². The standard InChI is InChI=1S/C22H12N2OS/c1-4-8-16-13(5-1)9-10-18-20(16)24-22(26-18)19-15-7-3-2-6-14(15)11-17-21(19)23-12-25-17/h1-12H. The Morgan fingerprint density at radius 1 is 0.769 bits per heavy atom. The average molecular weight is 352 g/mol. The zero-order valence-corrected chi connectivity index (χ0v) is 14.5. The molecule has 3 nitrogen and oxygen atoms in total. The molecule has 0 unspecified atom stereocenters. The summed E-state index contributed by atoms with van der Waals surface area (Å²) in [6.45, 7) is 0. The summed E-state index contributed by atoms with van der Waals surface area (Å²) in [4.78, 5) is 9.51. The Bertz CT molecular complexity index is 1440. The van der Waals surface area contributed by atoms with Crippen molar-refractivity contribution in [2.75, 3.05) is 0 Å². The molecule has 122 valence electrons. The molecule has 4 heteroatoms. The summed E-state index contributed by atoms with van der Waals surface area (Å²) in [6.07, 6.45) is 1.51. The number of hydrogen-bond donors (Lipinski definition) is 0. The summed E-state index contributed by atoms with van der Waals surface area (Å²) in [5.74, 6) is 0. The number of hydrogen-bond acceptors (Lipinski definition) is 4. The SMILES string of the molecule is c1ccc2c(-c3nc4c(ccc5ccccc54)s3)c3ncoc3cc2c1. The lowest BCUT2D eigenvalue weighted by Gasteiger charge is -2.04. The van der Waals surface area contributed by atoms with Crippen molar-refractivity contribution >= 4 is 54.2 Å². The third-order valence-corrected chi connectivity index (χ3v) is 5.88. The molecule has 2 aromatic heterocycles. The smallest absolute Gasteiger partial charge is 0.182 e. The third kappa shape index (κ3) is 1.87. The van der Waals surface area contributed by atoms with Gasteiger partial charge in [-0.25, -0.2) is 9.97 Å². The van der Waals surface area contributed by atoms with Gasteiger partial charge in [0.15, 0.2) is 12.0 Å². The highest BCUT2D eigenvalue weighted by Gasteiger charge is 2.17. The van der Waals surface area contributed by atoms with Gasteiger partial charge in [0.25, 0.3) is 0 Å². The topological polar surface area (TPSA) is 38.9 Å². The molecule has 6 aromatic rings. The lowest BCUT2D eigenvalue weighted by atomic mass is 10.0. The van der Waals surface area contributed by atoms with Gasteiger partial charge in [-0.05, 0) is 28.3 Å². The molecule has 26 heavy (non-hydrogen) atoms. The molecule has 0 N–H and O–H groups in total. The Labute approximate surface area is 152 Å². The minimum atomic E-state index is 0.794. The lowest BCUT2D eigenvalue weighted by Crippen LogP contribution is -1.84. The number of benzene rings is 4. The first-order valence-corrected chi connectivity index (χ1v) is 9.24. The highest BCUT2D eigenvalue weighted by Crippen LogP contribution is 2.40. The summed E-state index contributed by atoms with van der Waals surface area (Å²) in [6, 6.07) is 23.1. The van der Waals surface area contributed by atoms with Gasteiger partial charge in [-0.3, -0.25) is 0 Å². The van der Waals surface area contributed by atoms with Gasteiger partial charge in [0.1, 0.15) is 10.5 Å². The predicted octanol–water partition coefficient (Wildman–Crippen LogP) is 6.41. The fraction of sp³-hybridized carbons (Fsp3) is 0. The fourth-order valence-electron chi connectivity index (χ4n) is 3.65. The van der Waals surface area contributed by atoms with Gasteiger partial charge in [-0.2, -0.15) is 0 Å². The van der Waals surface area contributed by atoms with Gasteiger partial charge in [-0.1, -0.05) is 54.6 Å². The lowest BCUT2D eigenvalue weighted by molar-refractivity contribution is 0.602. The average Bonchev–Trinajstić information content (AvgIpc) is 3.32. The number of thiazole rings is 1. The molecule has 0 amide bonds. The molecule has 0 aliphatic carbocycles. The Morgan fingerprint density at radius 3 is 2.50 bits per heavy atom. The second-order valence-electron chi connectivity index (χ2n) is 6.32. The van der Waals surface area contributed by atoms with Crippen molar-refractivity contribution in [3.8, 4) is 10.6 Å². The summed E-state index contributed by atoms with van der Waals surface area (Å²) in [7, 11) is 0. The molecule has 0 saturated heterocycles. The first kappa shape index (κ1) is 14.0. The summed E-state index contributed by atoms with van der Waals surface area (Å²) in [5.41, 5.74) is 3.76. The van der Waals surface area contributed by atoms with Crippen LogP contribution in [0.2, 0.25) is 0 Å². The normalized spacial score (nSPS) is 11.8. The van der Waals surface area contributed by atoms with Crippen LogP contribution in [0.3, 0.4) is 0 Å². The molecule has 0 radical (unpaired) electrons. The predicted molar refractivity (Wildman–Crippen MR) is 108 cm³/mol. The second kappa shape index (κ2) is 5.13. The van der Waals surface area contributed by atoms with Gasteiger partial charge in [-0.15, -0.1) is 11.3 Å². The number of rotatable bonds is 1. The third-order valence-electron chi connectivity index (χ3n) is 4.85. The van der Waals surface area contributed by atoms with E-state index in [4.69, 9.17) is 9.40 Å². The molecule has 4 aromatic carbocycles. The Kier molecular flexibility index (Phi) is 2.76. The Morgan fingerprint density at radius 2 is 1.58 bits per heavy atom. The van der Waals surface area contributed by atoms with Crippen LogP contribution in [0, 0.1) is 0 Å². The van der Waals surface area contributed by atoms with Crippen molar-refractivity contribution in [2.45, 2.75) is 0 Å². The molecular formula is C22H12N2OS. The van der Waals surface area contributed by atoms with Crippen LogP contribution in [0.5, 0.6) is 0 Å². The molecule has 2 heterocycles. The quantitative estimate of drug-likeness (QED) is 0.343. The first-order chi connectivity index (χ1) is 12.9. The van der Waals surface area contributed by atoms with Gasteiger partial charge in [0.2, 0.25) is 0 Å². The van der Waals surface area contributed by atoms with E-state index in [1.807, 2.05) is 12.1 Å². The molecule has 0 spiro atoms. The van der Waals surface area contributed by atoms with E-state index < -0.39 is 0 Å². The van der Waals surface area contributed by atoms with Crippen molar-refractivity contribution in [1.82, 2.24) is 9.97 Å². The second-order valence-corrected chi connectivity index (χ2v) is 7.35. The van der Waals surface area contributed by atoms with Crippen LogP contribution in [0.15, 0.2) is 77.5 Å². The van der Waals surface area contributed by atoms with E-state index in [-0.39, 0.29) is 0 Å².